The highest BCUT2D eigenvalue weighted by Gasteiger charge is 2.45. The van der Waals surface area contributed by atoms with Crippen LogP contribution in [0.2, 0.25) is 0 Å². The average molecular weight is 224 g/mol. The summed E-state index contributed by atoms with van der Waals surface area (Å²) in [6.45, 7) is 11.8. The van der Waals surface area contributed by atoms with E-state index in [2.05, 4.69) is 37.9 Å². The minimum atomic E-state index is 0.679. The lowest BCUT2D eigenvalue weighted by Gasteiger charge is -2.42. The van der Waals surface area contributed by atoms with Crippen molar-refractivity contribution in [3.63, 3.8) is 0 Å². The van der Waals surface area contributed by atoms with Gasteiger partial charge in [0, 0.05) is 31.2 Å². The average Bonchev–Trinajstić information content (AvgIpc) is 2.97. The molecule has 0 spiro atoms. The van der Waals surface area contributed by atoms with E-state index in [1.165, 1.54) is 32.4 Å². The van der Waals surface area contributed by atoms with E-state index in [-0.39, 0.29) is 0 Å². The van der Waals surface area contributed by atoms with Gasteiger partial charge in [-0.25, -0.2) is 0 Å². The molecule has 4 unspecified atom stereocenters. The summed E-state index contributed by atoms with van der Waals surface area (Å²) in [7, 11) is 0. The molecule has 2 heteroatoms. The van der Waals surface area contributed by atoms with Gasteiger partial charge in [0.1, 0.15) is 0 Å². The van der Waals surface area contributed by atoms with Crippen molar-refractivity contribution in [3.8, 4) is 0 Å². The van der Waals surface area contributed by atoms with Crippen molar-refractivity contribution >= 4 is 0 Å². The van der Waals surface area contributed by atoms with E-state index in [1.54, 1.807) is 0 Å². The van der Waals surface area contributed by atoms with Gasteiger partial charge in [-0.1, -0.05) is 27.2 Å². The van der Waals surface area contributed by atoms with Crippen LogP contribution < -0.4 is 5.32 Å². The molecule has 0 aromatic carbocycles. The highest BCUT2D eigenvalue weighted by molar-refractivity contribution is 5.00. The first-order valence-corrected chi connectivity index (χ1v) is 7.12. The van der Waals surface area contributed by atoms with Gasteiger partial charge < -0.3 is 5.32 Å². The van der Waals surface area contributed by atoms with Crippen LogP contribution in [-0.4, -0.2) is 36.1 Å². The fraction of sp³-hybridized carbons (Fsp3) is 1.00. The predicted molar refractivity (Wildman–Crippen MR) is 69.6 cm³/mol. The van der Waals surface area contributed by atoms with Gasteiger partial charge in [-0.3, -0.25) is 4.90 Å². The second-order valence-corrected chi connectivity index (χ2v) is 6.17. The van der Waals surface area contributed by atoms with Crippen molar-refractivity contribution < 1.29 is 0 Å². The molecule has 0 amide bonds. The van der Waals surface area contributed by atoms with E-state index in [0.29, 0.717) is 6.04 Å². The zero-order valence-electron chi connectivity index (χ0n) is 11.4. The van der Waals surface area contributed by atoms with Gasteiger partial charge >= 0.3 is 0 Å². The first-order valence-electron chi connectivity index (χ1n) is 7.12. The third-order valence-electron chi connectivity index (χ3n) is 4.33. The lowest BCUT2D eigenvalue weighted by atomic mass is 9.98. The maximum absolute atomic E-state index is 3.63. The maximum Gasteiger partial charge on any atom is 0.0247 e. The number of nitrogens with zero attached hydrogens (tertiary/aromatic N) is 1. The molecular weight excluding hydrogens is 196 g/mol. The summed E-state index contributed by atoms with van der Waals surface area (Å²) < 4.78 is 0. The van der Waals surface area contributed by atoms with Gasteiger partial charge in [0.15, 0.2) is 0 Å². The van der Waals surface area contributed by atoms with Gasteiger partial charge in [-0.2, -0.15) is 0 Å². The summed E-state index contributed by atoms with van der Waals surface area (Å²) in [6.07, 6.45) is 4.26. The summed E-state index contributed by atoms with van der Waals surface area (Å²) in [6, 6.07) is 2.36. The summed E-state index contributed by atoms with van der Waals surface area (Å²) in [4.78, 5) is 2.81. The predicted octanol–water partition coefficient (Wildman–Crippen LogP) is 2.49. The molecule has 2 aliphatic rings. The lowest BCUT2D eigenvalue weighted by molar-refractivity contribution is 0.0890. The van der Waals surface area contributed by atoms with E-state index in [1.807, 2.05) is 0 Å². The molecule has 94 valence electrons. The van der Waals surface area contributed by atoms with Crippen LogP contribution in [0.4, 0.5) is 0 Å². The minimum Gasteiger partial charge on any atom is -0.311 e. The molecule has 16 heavy (non-hydrogen) atoms. The fourth-order valence-electron chi connectivity index (χ4n) is 3.27. The van der Waals surface area contributed by atoms with E-state index in [0.717, 1.165) is 23.9 Å². The van der Waals surface area contributed by atoms with Crippen LogP contribution in [0.25, 0.3) is 0 Å². The topological polar surface area (TPSA) is 15.3 Å². The number of piperazine rings is 1. The maximum atomic E-state index is 3.63. The Morgan fingerprint density at radius 2 is 2.12 bits per heavy atom. The van der Waals surface area contributed by atoms with Crippen LogP contribution in [0.1, 0.15) is 47.0 Å². The second kappa shape index (κ2) is 5.05. The Morgan fingerprint density at radius 1 is 1.38 bits per heavy atom. The first kappa shape index (κ1) is 12.4. The Hall–Kier alpha value is -0.0800. The molecule has 2 rings (SSSR count). The zero-order chi connectivity index (χ0) is 11.7. The van der Waals surface area contributed by atoms with Crippen LogP contribution in [0.15, 0.2) is 0 Å². The molecule has 4 atom stereocenters. The molecule has 0 aromatic heterocycles. The van der Waals surface area contributed by atoms with E-state index in [4.69, 9.17) is 0 Å². The highest BCUT2D eigenvalue weighted by atomic mass is 15.3. The standard InChI is InChI=1S/C14H28N2/c1-5-6-12-7-13(12)16-9-11(4)15-8-14(16)10(2)3/h10-15H,5-9H2,1-4H3. The molecule has 1 saturated carbocycles. The Morgan fingerprint density at radius 3 is 2.75 bits per heavy atom. The van der Waals surface area contributed by atoms with Crippen LogP contribution in [0.3, 0.4) is 0 Å². The van der Waals surface area contributed by atoms with Gasteiger partial charge in [0.2, 0.25) is 0 Å². The Labute approximate surface area is 101 Å². The number of nitrogens with one attached hydrogen (secondary N) is 1. The van der Waals surface area contributed by atoms with E-state index in [9.17, 15) is 0 Å². The quantitative estimate of drug-likeness (QED) is 0.789. The molecule has 1 aliphatic carbocycles. The van der Waals surface area contributed by atoms with Gasteiger partial charge in [0.25, 0.3) is 0 Å². The lowest BCUT2D eigenvalue weighted by Crippen LogP contribution is -2.58. The second-order valence-electron chi connectivity index (χ2n) is 6.17. The molecule has 1 N–H and O–H groups in total. The van der Waals surface area contributed by atoms with Crippen LogP contribution >= 0.6 is 0 Å². The van der Waals surface area contributed by atoms with Crippen molar-refractivity contribution in [2.75, 3.05) is 13.1 Å². The highest BCUT2D eigenvalue weighted by Crippen LogP contribution is 2.41. The first-order chi connectivity index (χ1) is 7.63. The van der Waals surface area contributed by atoms with E-state index < -0.39 is 0 Å². The van der Waals surface area contributed by atoms with Crippen LogP contribution in [0.5, 0.6) is 0 Å². The molecule has 2 fully saturated rings. The smallest absolute Gasteiger partial charge is 0.0247 e. The van der Waals surface area contributed by atoms with Gasteiger partial charge in [-0.05, 0) is 31.6 Å². The SMILES string of the molecule is CCCC1CC1N1CC(C)NCC1C(C)C. The Balaban J connectivity index is 1.93. The summed E-state index contributed by atoms with van der Waals surface area (Å²) in [5.74, 6) is 1.79. The Kier molecular flexibility index (Phi) is 3.91. The third kappa shape index (κ3) is 2.60. The largest absolute Gasteiger partial charge is 0.311 e. The summed E-state index contributed by atoms with van der Waals surface area (Å²) in [5.41, 5.74) is 0. The van der Waals surface area contributed by atoms with Crippen molar-refractivity contribution in [1.82, 2.24) is 10.2 Å². The van der Waals surface area contributed by atoms with Gasteiger partial charge in [-0.15, -0.1) is 0 Å². The molecule has 0 aromatic rings. The normalized spacial score (nSPS) is 40.3. The summed E-state index contributed by atoms with van der Waals surface area (Å²) >= 11 is 0. The minimum absolute atomic E-state index is 0.679. The number of hydrogen-bond acceptors (Lipinski definition) is 2. The zero-order valence-corrected chi connectivity index (χ0v) is 11.4. The molecule has 1 saturated heterocycles. The number of rotatable bonds is 4. The van der Waals surface area contributed by atoms with Gasteiger partial charge in [0.05, 0.1) is 0 Å². The van der Waals surface area contributed by atoms with Crippen molar-refractivity contribution in [2.24, 2.45) is 11.8 Å². The number of hydrogen-bond donors (Lipinski definition) is 1. The Bertz CT molecular complexity index is 227. The molecular formula is C14H28N2. The van der Waals surface area contributed by atoms with Crippen molar-refractivity contribution in [2.45, 2.75) is 65.1 Å². The third-order valence-corrected chi connectivity index (χ3v) is 4.33. The van der Waals surface area contributed by atoms with Crippen LogP contribution in [0, 0.1) is 11.8 Å². The van der Waals surface area contributed by atoms with Crippen molar-refractivity contribution in [3.05, 3.63) is 0 Å². The fourth-order valence-corrected chi connectivity index (χ4v) is 3.27. The molecule has 0 bridgehead atoms. The van der Waals surface area contributed by atoms with E-state index >= 15 is 0 Å². The molecule has 2 nitrogen and oxygen atoms in total. The van der Waals surface area contributed by atoms with Crippen LogP contribution in [-0.2, 0) is 0 Å². The summed E-state index contributed by atoms with van der Waals surface area (Å²) in [5, 5.41) is 3.63. The molecule has 0 radical (unpaired) electrons. The molecule has 1 heterocycles. The monoisotopic (exact) mass is 224 g/mol. The van der Waals surface area contributed by atoms with Crippen molar-refractivity contribution in [1.29, 1.82) is 0 Å². The molecule has 1 aliphatic heterocycles.